The fourth-order valence-electron chi connectivity index (χ4n) is 2.69. The molecule has 0 aliphatic heterocycles. The first-order valence-electron chi connectivity index (χ1n) is 8.30. The Morgan fingerprint density at radius 3 is 2.15 bits per heavy atom. The van der Waals surface area contributed by atoms with Crippen molar-refractivity contribution in [2.45, 2.75) is 6.04 Å². The lowest BCUT2D eigenvalue weighted by atomic mass is 10.1. The lowest BCUT2D eigenvalue weighted by Crippen LogP contribution is -2.34. The molecule has 2 rings (SSSR count). The highest BCUT2D eigenvalue weighted by atomic mass is 16.5. The van der Waals surface area contributed by atoms with Gasteiger partial charge in [-0.25, -0.2) is 0 Å². The van der Waals surface area contributed by atoms with Crippen LogP contribution in [0.25, 0.3) is 0 Å². The molecule has 6 nitrogen and oxygen atoms in total. The van der Waals surface area contributed by atoms with Gasteiger partial charge in [0, 0.05) is 12.1 Å². The normalized spacial score (nSPS) is 11.8. The van der Waals surface area contributed by atoms with Crippen LogP contribution in [0.3, 0.4) is 0 Å². The summed E-state index contributed by atoms with van der Waals surface area (Å²) in [6, 6.07) is 13.0. The van der Waals surface area contributed by atoms with E-state index in [4.69, 9.17) is 14.2 Å². The van der Waals surface area contributed by atoms with Crippen molar-refractivity contribution in [1.82, 2.24) is 10.2 Å². The number of likely N-dealkylation sites (N-methyl/N-ethyl adjacent to an activating group) is 1. The second-order valence-corrected chi connectivity index (χ2v) is 6.03. The Hall–Kier alpha value is -2.73. The molecule has 2 aromatic rings. The van der Waals surface area contributed by atoms with Crippen molar-refractivity contribution in [3.05, 3.63) is 53.6 Å². The molecule has 140 valence electrons. The average molecular weight is 358 g/mol. The number of carbonyl (C=O) groups excluding carboxylic acids is 1. The molecule has 0 saturated heterocycles. The third-order valence-electron chi connectivity index (χ3n) is 4.23. The highest BCUT2D eigenvalue weighted by molar-refractivity contribution is 5.94. The molecule has 26 heavy (non-hydrogen) atoms. The van der Waals surface area contributed by atoms with Crippen LogP contribution in [0.4, 0.5) is 0 Å². The number of nitrogens with one attached hydrogen (secondary N) is 1. The Morgan fingerprint density at radius 2 is 1.62 bits per heavy atom. The number of nitrogens with zero attached hydrogens (tertiary/aromatic N) is 1. The van der Waals surface area contributed by atoms with E-state index in [0.717, 1.165) is 11.3 Å². The van der Waals surface area contributed by atoms with Crippen LogP contribution in [0.15, 0.2) is 42.5 Å². The first-order chi connectivity index (χ1) is 12.5. The highest BCUT2D eigenvalue weighted by Gasteiger charge is 2.17. The van der Waals surface area contributed by atoms with E-state index < -0.39 is 0 Å². The number of hydrogen-bond acceptors (Lipinski definition) is 5. The van der Waals surface area contributed by atoms with Gasteiger partial charge in [-0.15, -0.1) is 0 Å². The summed E-state index contributed by atoms with van der Waals surface area (Å²) in [6.45, 7) is 0.479. The van der Waals surface area contributed by atoms with E-state index in [2.05, 4.69) is 10.2 Å². The summed E-state index contributed by atoms with van der Waals surface area (Å²) in [4.78, 5) is 14.6. The quantitative estimate of drug-likeness (QED) is 0.786. The van der Waals surface area contributed by atoms with Gasteiger partial charge in [0.1, 0.15) is 5.75 Å². The molecular weight excluding hydrogens is 332 g/mol. The predicted octanol–water partition coefficient (Wildman–Crippen LogP) is 2.75. The van der Waals surface area contributed by atoms with Gasteiger partial charge in [-0.1, -0.05) is 12.1 Å². The van der Waals surface area contributed by atoms with E-state index in [1.807, 2.05) is 38.4 Å². The van der Waals surface area contributed by atoms with Crippen LogP contribution in [0.2, 0.25) is 0 Å². The number of benzene rings is 2. The summed E-state index contributed by atoms with van der Waals surface area (Å²) < 4.78 is 15.7. The molecule has 0 bridgehead atoms. The van der Waals surface area contributed by atoms with Crippen LogP contribution in [0.1, 0.15) is 22.0 Å². The van der Waals surface area contributed by atoms with E-state index in [1.165, 1.54) is 0 Å². The minimum absolute atomic E-state index is 0.0463. The van der Waals surface area contributed by atoms with Gasteiger partial charge in [-0.05, 0) is 50.0 Å². The second kappa shape index (κ2) is 9.10. The molecule has 0 saturated carbocycles. The first kappa shape index (κ1) is 19.6. The van der Waals surface area contributed by atoms with Gasteiger partial charge >= 0.3 is 0 Å². The Balaban J connectivity index is 2.09. The van der Waals surface area contributed by atoms with Gasteiger partial charge in [-0.3, -0.25) is 4.79 Å². The van der Waals surface area contributed by atoms with Crippen molar-refractivity contribution in [2.75, 3.05) is 42.0 Å². The van der Waals surface area contributed by atoms with Crippen molar-refractivity contribution < 1.29 is 19.0 Å². The largest absolute Gasteiger partial charge is 0.497 e. The van der Waals surface area contributed by atoms with Gasteiger partial charge < -0.3 is 24.4 Å². The Bertz CT molecular complexity index is 729. The molecule has 2 aromatic carbocycles. The lowest BCUT2D eigenvalue weighted by molar-refractivity contribution is 0.0941. The van der Waals surface area contributed by atoms with E-state index in [-0.39, 0.29) is 11.9 Å². The van der Waals surface area contributed by atoms with Crippen LogP contribution < -0.4 is 19.5 Å². The number of rotatable bonds is 8. The maximum absolute atomic E-state index is 12.5. The Labute approximate surface area is 154 Å². The number of ether oxygens (including phenoxy) is 3. The molecule has 1 N–H and O–H groups in total. The van der Waals surface area contributed by atoms with Crippen LogP contribution in [0.5, 0.6) is 17.2 Å². The average Bonchev–Trinajstić information content (AvgIpc) is 2.67. The number of methoxy groups -OCH3 is 3. The molecule has 0 fully saturated rings. The van der Waals surface area contributed by atoms with Crippen LogP contribution in [-0.2, 0) is 0 Å². The Kier molecular flexibility index (Phi) is 6.86. The second-order valence-electron chi connectivity index (χ2n) is 6.03. The van der Waals surface area contributed by atoms with E-state index in [1.54, 1.807) is 39.5 Å². The molecule has 0 spiro atoms. The molecule has 0 aliphatic carbocycles. The van der Waals surface area contributed by atoms with Gasteiger partial charge in [-0.2, -0.15) is 0 Å². The molecule has 0 aromatic heterocycles. The summed E-state index contributed by atoms with van der Waals surface area (Å²) in [6.07, 6.45) is 0. The topological polar surface area (TPSA) is 60.0 Å². The minimum atomic E-state index is -0.161. The van der Waals surface area contributed by atoms with Crippen molar-refractivity contribution >= 4 is 5.91 Å². The maximum atomic E-state index is 12.5. The fourth-order valence-corrected chi connectivity index (χ4v) is 2.69. The van der Waals surface area contributed by atoms with Gasteiger partial charge in [0.25, 0.3) is 5.91 Å². The smallest absolute Gasteiger partial charge is 0.251 e. The number of hydrogen-bond donors (Lipinski definition) is 1. The molecule has 0 heterocycles. The molecule has 0 radical (unpaired) electrons. The van der Waals surface area contributed by atoms with Crippen molar-refractivity contribution in [3.8, 4) is 17.2 Å². The van der Waals surface area contributed by atoms with E-state index >= 15 is 0 Å². The van der Waals surface area contributed by atoms with E-state index in [0.29, 0.717) is 23.6 Å². The van der Waals surface area contributed by atoms with Crippen molar-refractivity contribution in [3.63, 3.8) is 0 Å². The summed E-state index contributed by atoms with van der Waals surface area (Å²) in [7, 11) is 8.72. The molecule has 0 aliphatic rings. The monoisotopic (exact) mass is 358 g/mol. The molecule has 6 heteroatoms. The zero-order valence-electron chi connectivity index (χ0n) is 15.9. The summed E-state index contributed by atoms with van der Waals surface area (Å²) in [5.41, 5.74) is 1.62. The van der Waals surface area contributed by atoms with Crippen LogP contribution in [-0.4, -0.2) is 52.8 Å². The number of carbonyl (C=O) groups is 1. The third kappa shape index (κ3) is 4.67. The minimum Gasteiger partial charge on any atom is -0.497 e. The zero-order valence-corrected chi connectivity index (χ0v) is 15.9. The standard InChI is InChI=1S/C20H26N2O4/c1-22(2)17(14-6-9-16(24-3)10-7-14)13-21-20(23)15-8-11-18(25-4)19(12-15)26-5/h6-12,17H,13H2,1-5H3,(H,21,23)/t17-/m1/s1. The van der Waals surface area contributed by atoms with Crippen molar-refractivity contribution in [1.29, 1.82) is 0 Å². The fraction of sp³-hybridized carbons (Fsp3) is 0.350. The summed E-state index contributed by atoms with van der Waals surface area (Å²) >= 11 is 0. The maximum Gasteiger partial charge on any atom is 0.251 e. The van der Waals surface area contributed by atoms with Gasteiger partial charge in [0.2, 0.25) is 0 Å². The van der Waals surface area contributed by atoms with E-state index in [9.17, 15) is 4.79 Å². The highest BCUT2D eigenvalue weighted by Crippen LogP contribution is 2.27. The summed E-state index contributed by atoms with van der Waals surface area (Å²) in [5, 5.41) is 2.99. The van der Waals surface area contributed by atoms with Gasteiger partial charge in [0.05, 0.1) is 27.4 Å². The predicted molar refractivity (Wildman–Crippen MR) is 101 cm³/mol. The third-order valence-corrected chi connectivity index (χ3v) is 4.23. The van der Waals surface area contributed by atoms with Crippen LogP contribution >= 0.6 is 0 Å². The zero-order chi connectivity index (χ0) is 19.1. The first-order valence-corrected chi connectivity index (χ1v) is 8.30. The molecule has 1 amide bonds. The van der Waals surface area contributed by atoms with Crippen LogP contribution in [0, 0.1) is 0 Å². The number of amides is 1. The van der Waals surface area contributed by atoms with Crippen molar-refractivity contribution in [2.24, 2.45) is 0 Å². The lowest BCUT2D eigenvalue weighted by Gasteiger charge is -2.25. The van der Waals surface area contributed by atoms with Gasteiger partial charge in [0.15, 0.2) is 11.5 Å². The molecule has 0 unspecified atom stereocenters. The Morgan fingerprint density at radius 1 is 0.962 bits per heavy atom. The molecular formula is C20H26N2O4. The SMILES string of the molecule is COc1ccc([C@@H](CNC(=O)c2ccc(OC)c(OC)c2)N(C)C)cc1. The summed E-state index contributed by atoms with van der Waals surface area (Å²) in [5.74, 6) is 1.76. The molecule has 1 atom stereocenters.